The number of rotatable bonds is 1. The van der Waals surface area contributed by atoms with Gasteiger partial charge in [0, 0.05) is 17.3 Å². The highest BCUT2D eigenvalue weighted by Gasteiger charge is 2.75. The lowest BCUT2D eigenvalue weighted by Gasteiger charge is -2.56. The number of fused-ring (bicyclic) bond motifs is 7. The highest BCUT2D eigenvalue weighted by atomic mass is 16.3. The van der Waals surface area contributed by atoms with Crippen molar-refractivity contribution in [2.45, 2.75) is 58.0 Å². The van der Waals surface area contributed by atoms with Crippen LogP contribution in [0.3, 0.4) is 0 Å². The molecule has 0 heterocycles. The van der Waals surface area contributed by atoms with Crippen LogP contribution in [0.4, 0.5) is 0 Å². The molecule has 5 aliphatic carbocycles. The van der Waals surface area contributed by atoms with Crippen LogP contribution in [0, 0.1) is 34.5 Å². The van der Waals surface area contributed by atoms with Gasteiger partial charge in [-0.1, -0.05) is 31.1 Å². The Balaban J connectivity index is 1.60. The lowest BCUT2D eigenvalue weighted by Crippen LogP contribution is -2.55. The van der Waals surface area contributed by atoms with Crippen LogP contribution in [-0.4, -0.2) is 28.2 Å². The van der Waals surface area contributed by atoms with Crippen LogP contribution < -0.4 is 0 Å². The van der Waals surface area contributed by atoms with E-state index in [1.165, 1.54) is 5.57 Å². The normalized spacial score (nSPS) is 54.9. The second kappa shape index (κ2) is 4.42. The molecule has 3 fully saturated rings. The Morgan fingerprint density at radius 1 is 1.29 bits per heavy atom. The van der Waals surface area contributed by atoms with Gasteiger partial charge in [0.15, 0.2) is 5.78 Å². The van der Waals surface area contributed by atoms with E-state index >= 15 is 0 Å². The Morgan fingerprint density at radius 3 is 2.83 bits per heavy atom. The first-order valence-electron chi connectivity index (χ1n) is 9.63. The van der Waals surface area contributed by atoms with Crippen LogP contribution in [0.1, 0.15) is 52.4 Å². The summed E-state index contributed by atoms with van der Waals surface area (Å²) in [5, 5.41) is 21.2. The van der Waals surface area contributed by atoms with E-state index in [-0.39, 0.29) is 17.4 Å². The van der Waals surface area contributed by atoms with Gasteiger partial charge in [-0.25, -0.2) is 0 Å². The van der Waals surface area contributed by atoms with Gasteiger partial charge in [0.1, 0.15) is 0 Å². The summed E-state index contributed by atoms with van der Waals surface area (Å²) in [6.07, 6.45) is 9.99. The maximum Gasteiger partial charge on any atom is 0.155 e. The van der Waals surface area contributed by atoms with Gasteiger partial charge in [0.25, 0.3) is 0 Å². The number of hydrogen-bond donors (Lipinski definition) is 2. The van der Waals surface area contributed by atoms with Gasteiger partial charge in [-0.05, 0) is 61.9 Å². The molecule has 0 radical (unpaired) electrons. The Bertz CT molecular complexity index is 691. The summed E-state index contributed by atoms with van der Waals surface area (Å²) in [4.78, 5) is 11.9. The van der Waals surface area contributed by atoms with Gasteiger partial charge in [-0.3, -0.25) is 4.79 Å². The van der Waals surface area contributed by atoms with Gasteiger partial charge in [-0.15, -0.1) is 0 Å². The lowest BCUT2D eigenvalue weighted by atomic mass is 9.49. The number of aliphatic hydroxyl groups is 2. The Labute approximate surface area is 143 Å². The van der Waals surface area contributed by atoms with E-state index in [1.54, 1.807) is 5.57 Å². The minimum absolute atomic E-state index is 0.0580. The third-order valence-corrected chi connectivity index (χ3v) is 8.74. The molecule has 5 aliphatic rings. The predicted molar refractivity (Wildman–Crippen MR) is 91.1 cm³/mol. The second-order valence-electron chi connectivity index (χ2n) is 9.51. The minimum Gasteiger partial charge on any atom is -0.393 e. The van der Waals surface area contributed by atoms with Gasteiger partial charge < -0.3 is 10.2 Å². The van der Waals surface area contributed by atoms with E-state index < -0.39 is 5.60 Å². The molecule has 0 amide bonds. The zero-order chi connectivity index (χ0) is 16.9. The van der Waals surface area contributed by atoms with Crippen molar-refractivity contribution in [3.63, 3.8) is 0 Å². The number of ketones is 1. The second-order valence-corrected chi connectivity index (χ2v) is 9.51. The monoisotopic (exact) mass is 328 g/mol. The maximum absolute atomic E-state index is 11.9. The zero-order valence-electron chi connectivity index (χ0n) is 14.7. The number of carbonyl (C=O) groups is 1. The molecule has 24 heavy (non-hydrogen) atoms. The van der Waals surface area contributed by atoms with Crippen molar-refractivity contribution in [3.8, 4) is 0 Å². The van der Waals surface area contributed by atoms with Crippen molar-refractivity contribution in [1.82, 2.24) is 0 Å². The summed E-state index contributed by atoms with van der Waals surface area (Å²) >= 11 is 0. The fourth-order valence-electron chi connectivity index (χ4n) is 7.28. The van der Waals surface area contributed by atoms with E-state index in [2.05, 4.69) is 19.9 Å². The maximum atomic E-state index is 11.9. The molecule has 3 heteroatoms. The number of aliphatic hydroxyl groups excluding tert-OH is 1. The molecule has 130 valence electrons. The standard InChI is InChI=1S/C21H28O3/c1-19-7-5-13(23)9-12(19)3-4-14-16(19)6-8-20(2)18(14)15-10-17(15)21(20,24)11-22/h6,9,14-15,17-18,22,24H,3-5,7-8,10-11H2,1-2H3/t14?,15-,17+,18?,19+,20+,21+/m1/s1. The zero-order valence-corrected chi connectivity index (χ0v) is 14.7. The van der Waals surface area contributed by atoms with Crippen LogP contribution >= 0.6 is 0 Å². The van der Waals surface area contributed by atoms with E-state index in [0.717, 1.165) is 32.1 Å². The van der Waals surface area contributed by atoms with Crippen LogP contribution in [0.5, 0.6) is 0 Å². The molecule has 0 aromatic rings. The van der Waals surface area contributed by atoms with Crippen molar-refractivity contribution >= 4 is 5.78 Å². The first-order valence-corrected chi connectivity index (χ1v) is 9.63. The van der Waals surface area contributed by atoms with Gasteiger partial charge >= 0.3 is 0 Å². The molecule has 0 spiro atoms. The predicted octanol–water partition coefficient (Wildman–Crippen LogP) is 3.02. The molecule has 0 aromatic heterocycles. The first-order chi connectivity index (χ1) is 11.3. The fourth-order valence-corrected chi connectivity index (χ4v) is 7.28. The van der Waals surface area contributed by atoms with Gasteiger partial charge in [-0.2, -0.15) is 0 Å². The minimum atomic E-state index is -0.899. The van der Waals surface area contributed by atoms with E-state index in [4.69, 9.17) is 0 Å². The van der Waals surface area contributed by atoms with Crippen LogP contribution in [-0.2, 0) is 4.79 Å². The van der Waals surface area contributed by atoms with Crippen molar-refractivity contribution in [3.05, 3.63) is 23.3 Å². The molecule has 3 nitrogen and oxygen atoms in total. The largest absolute Gasteiger partial charge is 0.393 e. The van der Waals surface area contributed by atoms with E-state index in [9.17, 15) is 15.0 Å². The number of hydrogen-bond acceptors (Lipinski definition) is 3. The number of carbonyl (C=O) groups excluding carboxylic acids is 1. The van der Waals surface area contributed by atoms with Gasteiger partial charge in [0.05, 0.1) is 12.2 Å². The van der Waals surface area contributed by atoms with Crippen LogP contribution in [0.2, 0.25) is 0 Å². The Morgan fingerprint density at radius 2 is 2.08 bits per heavy atom. The molecule has 7 atom stereocenters. The smallest absolute Gasteiger partial charge is 0.155 e. The summed E-state index contributed by atoms with van der Waals surface area (Å²) in [6, 6.07) is 0. The van der Waals surface area contributed by atoms with Crippen molar-refractivity contribution in [2.24, 2.45) is 34.5 Å². The topological polar surface area (TPSA) is 57.5 Å². The quantitative estimate of drug-likeness (QED) is 0.728. The molecule has 3 saturated carbocycles. The highest BCUT2D eigenvalue weighted by Crippen LogP contribution is 2.75. The summed E-state index contributed by atoms with van der Waals surface area (Å²) < 4.78 is 0. The van der Waals surface area contributed by atoms with Crippen LogP contribution in [0.15, 0.2) is 23.3 Å². The van der Waals surface area contributed by atoms with E-state index in [0.29, 0.717) is 35.9 Å². The summed E-state index contributed by atoms with van der Waals surface area (Å²) in [5.41, 5.74) is 1.85. The Kier molecular flexibility index (Phi) is 2.83. The van der Waals surface area contributed by atoms with Crippen LogP contribution in [0.25, 0.3) is 0 Å². The van der Waals surface area contributed by atoms with Crippen molar-refractivity contribution < 1.29 is 15.0 Å². The molecular weight excluding hydrogens is 300 g/mol. The summed E-state index contributed by atoms with van der Waals surface area (Å²) in [6.45, 7) is 4.45. The van der Waals surface area contributed by atoms with E-state index in [1.807, 2.05) is 6.08 Å². The molecule has 0 bridgehead atoms. The molecule has 2 N–H and O–H groups in total. The molecule has 2 unspecified atom stereocenters. The molecule has 0 aliphatic heterocycles. The SMILES string of the molecule is C[C@]12CCC(=O)C=C1CCC1C2=CC[C@@]2(C)C1[C@@H]1C[C@@H]1[C@@]2(O)CO. The average molecular weight is 328 g/mol. The first kappa shape index (κ1) is 15.3. The van der Waals surface area contributed by atoms with Gasteiger partial charge in [0.2, 0.25) is 0 Å². The molecular formula is C21H28O3. The lowest BCUT2D eigenvalue weighted by molar-refractivity contribution is -0.133. The Hall–Kier alpha value is -0.930. The fraction of sp³-hybridized carbons (Fsp3) is 0.762. The molecule has 5 rings (SSSR count). The summed E-state index contributed by atoms with van der Waals surface area (Å²) in [7, 11) is 0. The van der Waals surface area contributed by atoms with Crippen molar-refractivity contribution in [1.29, 1.82) is 0 Å². The average Bonchev–Trinajstić information content (AvgIpc) is 3.31. The third-order valence-electron chi connectivity index (χ3n) is 8.74. The van der Waals surface area contributed by atoms with Crippen molar-refractivity contribution in [2.75, 3.05) is 6.61 Å². The highest BCUT2D eigenvalue weighted by molar-refractivity contribution is 5.92. The third kappa shape index (κ3) is 1.55. The summed E-state index contributed by atoms with van der Waals surface area (Å²) in [5.74, 6) is 2.19. The number of allylic oxidation sites excluding steroid dienone is 4. The molecule has 0 aromatic carbocycles. The molecule has 0 saturated heterocycles.